The number of nitrogens with zero attached hydrogens (tertiary/aromatic N) is 1. The van der Waals surface area contributed by atoms with Gasteiger partial charge in [-0.05, 0) is 67.3 Å². The summed E-state index contributed by atoms with van der Waals surface area (Å²) < 4.78 is 41.1. The van der Waals surface area contributed by atoms with E-state index in [-0.39, 0.29) is 16.8 Å². The van der Waals surface area contributed by atoms with Gasteiger partial charge in [-0.25, -0.2) is 17.5 Å². The minimum absolute atomic E-state index is 0.0137. The molecule has 4 rings (SSSR count). The van der Waals surface area contributed by atoms with Gasteiger partial charge in [-0.2, -0.15) is 0 Å². The second-order valence-corrected chi connectivity index (χ2v) is 8.82. The summed E-state index contributed by atoms with van der Waals surface area (Å²) in [7, 11) is -3.56. The van der Waals surface area contributed by atoms with Crippen molar-refractivity contribution >= 4 is 21.6 Å². The smallest absolute Gasteiger partial charge is 0.258 e. The quantitative estimate of drug-likeness (QED) is 0.874. The zero-order valence-electron chi connectivity index (χ0n) is 14.8. The molecule has 1 aliphatic carbocycles. The molecule has 1 aliphatic heterocycles. The van der Waals surface area contributed by atoms with Crippen LogP contribution in [-0.2, 0) is 16.4 Å². The van der Waals surface area contributed by atoms with Crippen molar-refractivity contribution in [3.05, 3.63) is 59.4 Å². The predicted molar refractivity (Wildman–Crippen MR) is 101 cm³/mol. The number of fused-ring (bicyclic) bond motifs is 1. The molecule has 2 aliphatic rings. The van der Waals surface area contributed by atoms with Gasteiger partial charge >= 0.3 is 0 Å². The van der Waals surface area contributed by atoms with Gasteiger partial charge in [0.2, 0.25) is 10.0 Å². The lowest BCUT2D eigenvalue weighted by molar-refractivity contribution is 0.0989. The van der Waals surface area contributed by atoms with Crippen LogP contribution in [0.15, 0.2) is 47.4 Å². The number of amides is 1. The monoisotopic (exact) mass is 388 g/mol. The highest BCUT2D eigenvalue weighted by Gasteiger charge is 2.28. The average Bonchev–Trinajstić information content (AvgIpc) is 3.30. The van der Waals surface area contributed by atoms with E-state index in [1.54, 1.807) is 23.1 Å². The van der Waals surface area contributed by atoms with Crippen LogP contribution in [0.25, 0.3) is 0 Å². The summed E-state index contributed by atoms with van der Waals surface area (Å²) in [6, 6.07) is 10.3. The minimum atomic E-state index is -3.56. The van der Waals surface area contributed by atoms with E-state index in [0.717, 1.165) is 31.2 Å². The molecule has 0 bridgehead atoms. The molecule has 142 valence electrons. The number of anilines is 1. The zero-order valence-corrected chi connectivity index (χ0v) is 15.6. The van der Waals surface area contributed by atoms with Crippen LogP contribution in [0, 0.1) is 5.82 Å². The van der Waals surface area contributed by atoms with E-state index < -0.39 is 15.8 Å². The molecule has 1 heterocycles. The number of halogens is 1. The first kappa shape index (κ1) is 18.1. The Morgan fingerprint density at radius 3 is 2.48 bits per heavy atom. The Morgan fingerprint density at radius 2 is 1.78 bits per heavy atom. The maximum atomic E-state index is 13.1. The number of hydrogen-bond acceptors (Lipinski definition) is 3. The normalized spacial score (nSPS) is 17.3. The molecular formula is C20H21FN2O3S. The molecule has 0 unspecified atom stereocenters. The Bertz CT molecular complexity index is 967. The fraction of sp³-hybridized carbons (Fsp3) is 0.350. The lowest BCUT2D eigenvalue weighted by Gasteiger charge is -2.18. The molecule has 0 radical (unpaired) electrons. The van der Waals surface area contributed by atoms with Crippen LogP contribution in [0.4, 0.5) is 10.1 Å². The Labute approximate surface area is 158 Å². The summed E-state index contributed by atoms with van der Waals surface area (Å²) in [4.78, 5) is 14.6. The second kappa shape index (κ2) is 7.05. The van der Waals surface area contributed by atoms with E-state index in [2.05, 4.69) is 4.72 Å². The highest BCUT2D eigenvalue weighted by Crippen LogP contribution is 2.32. The first-order valence-electron chi connectivity index (χ1n) is 9.17. The van der Waals surface area contributed by atoms with Crippen molar-refractivity contribution in [1.82, 2.24) is 4.72 Å². The Balaban J connectivity index is 1.56. The lowest BCUT2D eigenvalue weighted by Crippen LogP contribution is -2.32. The summed E-state index contributed by atoms with van der Waals surface area (Å²) >= 11 is 0. The van der Waals surface area contributed by atoms with Crippen molar-refractivity contribution < 1.29 is 17.6 Å². The van der Waals surface area contributed by atoms with E-state index in [4.69, 9.17) is 0 Å². The number of nitrogens with one attached hydrogen (secondary N) is 1. The van der Waals surface area contributed by atoms with Gasteiger partial charge in [-0.15, -0.1) is 0 Å². The Kier molecular flexibility index (Phi) is 4.74. The maximum absolute atomic E-state index is 13.1. The van der Waals surface area contributed by atoms with Crippen LogP contribution >= 0.6 is 0 Å². The fourth-order valence-electron chi connectivity index (χ4n) is 3.84. The van der Waals surface area contributed by atoms with Crippen molar-refractivity contribution in [2.45, 2.75) is 43.0 Å². The van der Waals surface area contributed by atoms with Crippen molar-refractivity contribution in [2.24, 2.45) is 0 Å². The highest BCUT2D eigenvalue weighted by molar-refractivity contribution is 7.89. The molecule has 0 aromatic heterocycles. The first-order chi connectivity index (χ1) is 12.9. The van der Waals surface area contributed by atoms with Gasteiger partial charge in [0.25, 0.3) is 5.91 Å². The van der Waals surface area contributed by atoms with E-state index in [0.29, 0.717) is 24.2 Å². The van der Waals surface area contributed by atoms with Crippen LogP contribution in [0.5, 0.6) is 0 Å². The average molecular weight is 388 g/mol. The maximum Gasteiger partial charge on any atom is 0.258 e. The first-order valence-corrected chi connectivity index (χ1v) is 10.6. The van der Waals surface area contributed by atoms with Gasteiger partial charge in [-0.3, -0.25) is 4.79 Å². The molecule has 0 atom stereocenters. The van der Waals surface area contributed by atoms with Gasteiger partial charge in [0.15, 0.2) is 0 Å². The van der Waals surface area contributed by atoms with E-state index in [1.807, 2.05) is 0 Å². The molecular weight excluding hydrogens is 367 g/mol. The third kappa shape index (κ3) is 3.61. The molecule has 2 aromatic rings. The number of carbonyl (C=O) groups excluding carboxylic acids is 1. The van der Waals surface area contributed by atoms with Crippen molar-refractivity contribution in [1.29, 1.82) is 0 Å². The number of rotatable bonds is 4. The van der Waals surface area contributed by atoms with Crippen molar-refractivity contribution in [2.75, 3.05) is 11.4 Å². The minimum Gasteiger partial charge on any atom is -0.308 e. The van der Waals surface area contributed by atoms with Crippen LogP contribution in [-0.4, -0.2) is 26.9 Å². The largest absolute Gasteiger partial charge is 0.308 e. The standard InChI is InChI=1S/C20H21FN2O3S/c21-16-7-5-14(6-8-16)20(24)23-12-11-15-13-18(9-10-19(15)23)27(25,26)22-17-3-1-2-4-17/h5-10,13,17,22H,1-4,11-12H2. The van der Waals surface area contributed by atoms with Gasteiger partial charge in [0, 0.05) is 23.8 Å². The third-order valence-corrected chi connectivity index (χ3v) is 6.79. The van der Waals surface area contributed by atoms with Crippen LogP contribution in [0.2, 0.25) is 0 Å². The summed E-state index contributed by atoms with van der Waals surface area (Å²) in [5.74, 6) is -0.605. The second-order valence-electron chi connectivity index (χ2n) is 7.11. The van der Waals surface area contributed by atoms with Gasteiger partial charge in [-0.1, -0.05) is 12.8 Å². The number of carbonyl (C=O) groups is 1. The molecule has 0 spiro atoms. The van der Waals surface area contributed by atoms with Crippen molar-refractivity contribution in [3.8, 4) is 0 Å². The number of benzene rings is 2. The molecule has 0 saturated heterocycles. The van der Waals surface area contributed by atoms with E-state index in [1.165, 1.54) is 24.3 Å². The summed E-state index contributed by atoms with van der Waals surface area (Å²) in [5.41, 5.74) is 1.95. The third-order valence-electron chi connectivity index (χ3n) is 5.27. The number of hydrogen-bond donors (Lipinski definition) is 1. The topological polar surface area (TPSA) is 66.5 Å². The fourth-order valence-corrected chi connectivity index (χ4v) is 5.19. The molecule has 7 heteroatoms. The summed E-state index contributed by atoms with van der Waals surface area (Å²) in [5, 5.41) is 0. The van der Waals surface area contributed by atoms with E-state index >= 15 is 0 Å². The van der Waals surface area contributed by atoms with Gasteiger partial charge < -0.3 is 4.90 Å². The van der Waals surface area contributed by atoms with Gasteiger partial charge in [0.1, 0.15) is 5.82 Å². The zero-order chi connectivity index (χ0) is 19.0. The van der Waals surface area contributed by atoms with E-state index in [9.17, 15) is 17.6 Å². The predicted octanol–water partition coefficient (Wildman–Crippen LogP) is 3.25. The lowest BCUT2D eigenvalue weighted by atomic mass is 10.1. The SMILES string of the molecule is O=C(c1ccc(F)cc1)N1CCc2cc(S(=O)(=O)NC3CCCC3)ccc21. The van der Waals surface area contributed by atoms with Gasteiger partial charge in [0.05, 0.1) is 4.90 Å². The Morgan fingerprint density at radius 1 is 1.07 bits per heavy atom. The molecule has 1 N–H and O–H groups in total. The molecule has 27 heavy (non-hydrogen) atoms. The molecule has 1 saturated carbocycles. The Hall–Kier alpha value is -2.25. The molecule has 2 aromatic carbocycles. The molecule has 5 nitrogen and oxygen atoms in total. The van der Waals surface area contributed by atoms with Crippen LogP contribution in [0.1, 0.15) is 41.6 Å². The summed E-state index contributed by atoms with van der Waals surface area (Å²) in [6.45, 7) is 0.477. The highest BCUT2D eigenvalue weighted by atomic mass is 32.2. The van der Waals surface area contributed by atoms with Crippen LogP contribution < -0.4 is 9.62 Å². The van der Waals surface area contributed by atoms with Crippen LogP contribution in [0.3, 0.4) is 0 Å². The molecule has 1 amide bonds. The number of sulfonamides is 1. The van der Waals surface area contributed by atoms with Crippen molar-refractivity contribution in [3.63, 3.8) is 0 Å². The summed E-state index contributed by atoms with van der Waals surface area (Å²) in [6.07, 6.45) is 4.46. The molecule has 1 fully saturated rings.